The van der Waals surface area contributed by atoms with Crippen molar-refractivity contribution in [2.45, 2.75) is 43.4 Å². The Morgan fingerprint density at radius 3 is 2.45 bits per heavy atom. The Bertz CT molecular complexity index is 683. The topological polar surface area (TPSA) is 183 Å². The van der Waals surface area contributed by atoms with Crippen LogP contribution in [-0.2, 0) is 33.4 Å². The van der Waals surface area contributed by atoms with Crippen LogP contribution >= 0.6 is 22.5 Å². The van der Waals surface area contributed by atoms with Crippen LogP contribution in [0.5, 0.6) is 0 Å². The summed E-state index contributed by atoms with van der Waals surface area (Å²) >= 11 is 3.97. The molecule has 2 atom stereocenters. The summed E-state index contributed by atoms with van der Waals surface area (Å²) in [6.07, 6.45) is 1.98. The molecule has 1 saturated heterocycles. The number of hydrogen-bond donors (Lipinski definition) is 5. The van der Waals surface area contributed by atoms with Crippen molar-refractivity contribution >= 4 is 52.0 Å². The molecular formula is C19H33N5O7S2. The highest BCUT2D eigenvalue weighted by molar-refractivity contribution is 8.69. The van der Waals surface area contributed by atoms with Gasteiger partial charge >= 0.3 is 0 Å². The average molecular weight is 508 g/mol. The van der Waals surface area contributed by atoms with E-state index in [2.05, 4.69) is 22.3 Å². The molecule has 1 fully saturated rings. The Morgan fingerprint density at radius 1 is 1.09 bits per heavy atom. The number of thiol groups is 1. The molecular weight excluding hydrogens is 474 g/mol. The lowest BCUT2D eigenvalue weighted by Gasteiger charge is -2.14. The van der Waals surface area contributed by atoms with Gasteiger partial charge in [0.1, 0.15) is 11.9 Å². The van der Waals surface area contributed by atoms with Crippen LogP contribution in [-0.4, -0.2) is 91.8 Å². The normalized spacial score (nSPS) is 16.7. The summed E-state index contributed by atoms with van der Waals surface area (Å²) < 4.78 is 10.5. The zero-order valence-electron chi connectivity index (χ0n) is 18.5. The predicted molar refractivity (Wildman–Crippen MR) is 125 cm³/mol. The number of rotatable bonds is 18. The standard InChI is InChI=1S/C19H33N5O7S2/c20-13(18(21)28)3-1-2-5-22-16(26)12-31-10-9-30-8-6-23-15(25)4-7-24-17(27)11-14(33-32)19(24)29/h13-14,32H,1-12,20H2,(H2,21,28)(H,22,26)(H,23,25). The first kappa shape index (κ1) is 29.2. The summed E-state index contributed by atoms with van der Waals surface area (Å²) in [5.74, 6) is -1.68. The Labute approximate surface area is 202 Å². The number of carbonyl (C=O) groups excluding carboxylic acids is 5. The minimum absolute atomic E-state index is 0.0254. The molecule has 14 heteroatoms. The fourth-order valence-electron chi connectivity index (χ4n) is 2.83. The third-order valence-electron chi connectivity index (χ3n) is 4.70. The van der Waals surface area contributed by atoms with Crippen LogP contribution < -0.4 is 22.1 Å². The first-order valence-electron chi connectivity index (χ1n) is 10.6. The molecule has 0 aromatic rings. The van der Waals surface area contributed by atoms with E-state index in [1.165, 1.54) is 0 Å². The summed E-state index contributed by atoms with van der Waals surface area (Å²) in [5, 5.41) is 4.86. The zero-order valence-corrected chi connectivity index (χ0v) is 20.2. The highest BCUT2D eigenvalue weighted by Gasteiger charge is 2.38. The maximum absolute atomic E-state index is 11.9. The van der Waals surface area contributed by atoms with Crippen LogP contribution in [0.2, 0.25) is 0 Å². The van der Waals surface area contributed by atoms with E-state index >= 15 is 0 Å². The maximum atomic E-state index is 11.9. The predicted octanol–water partition coefficient (Wildman–Crippen LogP) is -1.67. The lowest BCUT2D eigenvalue weighted by molar-refractivity contribution is -0.138. The lowest BCUT2D eigenvalue weighted by atomic mass is 10.1. The molecule has 1 aliphatic rings. The van der Waals surface area contributed by atoms with E-state index in [0.717, 1.165) is 15.7 Å². The van der Waals surface area contributed by atoms with Gasteiger partial charge in [-0.2, -0.15) is 0 Å². The van der Waals surface area contributed by atoms with Crippen LogP contribution in [0.15, 0.2) is 0 Å². The molecule has 33 heavy (non-hydrogen) atoms. The summed E-state index contributed by atoms with van der Waals surface area (Å²) in [4.78, 5) is 59.0. The maximum Gasteiger partial charge on any atom is 0.245 e. The van der Waals surface area contributed by atoms with E-state index in [4.69, 9.17) is 20.9 Å². The van der Waals surface area contributed by atoms with Crippen molar-refractivity contribution in [2.75, 3.05) is 46.1 Å². The van der Waals surface area contributed by atoms with E-state index in [1.54, 1.807) is 0 Å². The molecule has 0 aromatic heterocycles. The number of amides is 5. The highest BCUT2D eigenvalue weighted by Crippen LogP contribution is 2.27. The van der Waals surface area contributed by atoms with Gasteiger partial charge in [-0.1, -0.05) is 10.8 Å². The van der Waals surface area contributed by atoms with E-state index < -0.39 is 17.2 Å². The van der Waals surface area contributed by atoms with Crippen LogP contribution in [0, 0.1) is 0 Å². The van der Waals surface area contributed by atoms with Crippen molar-refractivity contribution in [3.8, 4) is 0 Å². The van der Waals surface area contributed by atoms with E-state index in [1.807, 2.05) is 0 Å². The molecule has 6 N–H and O–H groups in total. The van der Waals surface area contributed by atoms with Gasteiger partial charge in [-0.3, -0.25) is 28.9 Å². The van der Waals surface area contributed by atoms with Gasteiger partial charge in [0.25, 0.3) is 0 Å². The summed E-state index contributed by atoms with van der Waals surface area (Å²) in [6.45, 7) is 1.42. The van der Waals surface area contributed by atoms with Crippen LogP contribution in [0.25, 0.3) is 0 Å². The molecule has 5 amide bonds. The van der Waals surface area contributed by atoms with Crippen molar-refractivity contribution in [3.05, 3.63) is 0 Å². The number of imide groups is 1. The van der Waals surface area contributed by atoms with Crippen molar-refractivity contribution in [1.29, 1.82) is 0 Å². The SMILES string of the molecule is NC(=O)C(N)CCCCNC(=O)COCCOCCNC(=O)CCN1C(=O)CC(SS)C1=O. The van der Waals surface area contributed by atoms with E-state index in [9.17, 15) is 24.0 Å². The van der Waals surface area contributed by atoms with Crippen LogP contribution in [0.1, 0.15) is 32.1 Å². The van der Waals surface area contributed by atoms with Gasteiger partial charge in [0.05, 0.1) is 25.9 Å². The number of nitrogens with zero attached hydrogens (tertiary/aromatic N) is 1. The monoisotopic (exact) mass is 507 g/mol. The Kier molecular flexibility index (Phi) is 14.8. The zero-order chi connectivity index (χ0) is 24.6. The van der Waals surface area contributed by atoms with Gasteiger partial charge in [0.15, 0.2) is 0 Å². The molecule has 0 radical (unpaired) electrons. The Balaban J connectivity index is 1.93. The number of likely N-dealkylation sites (tertiary alicyclic amines) is 1. The van der Waals surface area contributed by atoms with Gasteiger partial charge in [-0.05, 0) is 19.3 Å². The number of primary amides is 1. The van der Waals surface area contributed by atoms with Crippen LogP contribution in [0.3, 0.4) is 0 Å². The average Bonchev–Trinajstić information content (AvgIpc) is 3.06. The minimum atomic E-state index is -0.658. The minimum Gasteiger partial charge on any atom is -0.377 e. The Hall–Kier alpha value is -1.87. The van der Waals surface area contributed by atoms with E-state index in [0.29, 0.717) is 25.8 Å². The highest BCUT2D eigenvalue weighted by atomic mass is 33.1. The quantitative estimate of drug-likeness (QED) is 0.0626. The van der Waals surface area contributed by atoms with Crippen LogP contribution in [0.4, 0.5) is 0 Å². The van der Waals surface area contributed by atoms with Crippen molar-refractivity contribution in [2.24, 2.45) is 11.5 Å². The fraction of sp³-hybridized carbons (Fsp3) is 0.737. The second kappa shape index (κ2) is 16.7. The second-order valence-corrected chi connectivity index (χ2v) is 8.71. The molecule has 12 nitrogen and oxygen atoms in total. The third-order valence-corrected chi connectivity index (χ3v) is 6.08. The summed E-state index contributed by atoms with van der Waals surface area (Å²) in [7, 11) is 1.03. The molecule has 0 spiro atoms. The van der Waals surface area contributed by atoms with Gasteiger partial charge in [-0.15, -0.1) is 11.7 Å². The Morgan fingerprint density at radius 2 is 1.79 bits per heavy atom. The molecule has 1 aliphatic heterocycles. The first-order chi connectivity index (χ1) is 15.8. The fourth-order valence-corrected chi connectivity index (χ4v) is 3.76. The van der Waals surface area contributed by atoms with Gasteiger partial charge in [0, 0.05) is 32.5 Å². The number of ether oxygens (including phenoxy) is 2. The molecule has 1 heterocycles. The lowest BCUT2D eigenvalue weighted by Crippen LogP contribution is -2.36. The molecule has 0 saturated carbocycles. The van der Waals surface area contributed by atoms with E-state index in [-0.39, 0.29) is 76.0 Å². The molecule has 2 unspecified atom stereocenters. The molecule has 1 rings (SSSR count). The first-order valence-corrected chi connectivity index (χ1v) is 12.6. The number of nitrogens with two attached hydrogens (primary N) is 2. The summed E-state index contributed by atoms with van der Waals surface area (Å²) in [6, 6.07) is -0.658. The largest absolute Gasteiger partial charge is 0.377 e. The second-order valence-electron chi connectivity index (χ2n) is 7.30. The van der Waals surface area contributed by atoms with Gasteiger partial charge in [-0.25, -0.2) is 0 Å². The number of hydrogen-bond acceptors (Lipinski definition) is 10. The van der Waals surface area contributed by atoms with Gasteiger partial charge in [0.2, 0.25) is 29.5 Å². The van der Waals surface area contributed by atoms with Crippen molar-refractivity contribution in [3.63, 3.8) is 0 Å². The van der Waals surface area contributed by atoms with Crippen molar-refractivity contribution < 1.29 is 33.4 Å². The molecule has 0 aliphatic carbocycles. The third kappa shape index (κ3) is 12.2. The smallest absolute Gasteiger partial charge is 0.245 e. The molecule has 188 valence electrons. The summed E-state index contributed by atoms with van der Waals surface area (Å²) in [5.41, 5.74) is 10.6. The number of unbranched alkanes of at least 4 members (excludes halogenated alkanes) is 1. The number of carbonyl (C=O) groups is 5. The molecule has 0 aromatic carbocycles. The number of nitrogens with one attached hydrogen (secondary N) is 2. The molecule has 0 bridgehead atoms. The van der Waals surface area contributed by atoms with Gasteiger partial charge < -0.3 is 31.6 Å². The van der Waals surface area contributed by atoms with Crippen molar-refractivity contribution in [1.82, 2.24) is 15.5 Å².